The molecule has 0 atom stereocenters. The highest BCUT2D eigenvalue weighted by Gasteiger charge is 2.06. The van der Waals surface area contributed by atoms with E-state index in [-0.39, 0.29) is 11.8 Å². The summed E-state index contributed by atoms with van der Waals surface area (Å²) < 4.78 is 0. The molecule has 1 amide bonds. The highest BCUT2D eigenvalue weighted by Crippen LogP contribution is 2.09. The molecule has 0 aliphatic heterocycles. The molecule has 0 aliphatic rings. The number of hydrogen-bond acceptors (Lipinski definition) is 2. The number of carbonyl (C=O) groups is 1. The second kappa shape index (κ2) is 4.65. The van der Waals surface area contributed by atoms with Crippen LogP contribution >= 0.6 is 0 Å². The van der Waals surface area contributed by atoms with Crippen LogP contribution in [0.2, 0.25) is 0 Å². The van der Waals surface area contributed by atoms with Crippen molar-refractivity contribution >= 4 is 11.6 Å². The van der Waals surface area contributed by atoms with Gasteiger partial charge in [-0.1, -0.05) is 32.0 Å². The number of anilines is 1. The number of benzene rings is 1. The summed E-state index contributed by atoms with van der Waals surface area (Å²) in [6.07, 6.45) is 0. The number of hydrogen-bond donors (Lipinski definition) is 2. The molecule has 3 N–H and O–H groups in total. The van der Waals surface area contributed by atoms with Crippen molar-refractivity contribution in [2.24, 2.45) is 5.92 Å². The summed E-state index contributed by atoms with van der Waals surface area (Å²) in [6, 6.07) is 7.53. The molecule has 3 nitrogen and oxygen atoms in total. The Labute approximate surface area is 84.3 Å². The maximum Gasteiger partial charge on any atom is 0.222 e. The fraction of sp³-hybridized carbons (Fsp3) is 0.364. The predicted molar refractivity (Wildman–Crippen MR) is 57.5 cm³/mol. The van der Waals surface area contributed by atoms with Crippen LogP contribution in [0.15, 0.2) is 24.3 Å². The van der Waals surface area contributed by atoms with E-state index in [0.29, 0.717) is 6.54 Å². The van der Waals surface area contributed by atoms with Crippen molar-refractivity contribution in [2.75, 3.05) is 5.73 Å². The van der Waals surface area contributed by atoms with Gasteiger partial charge < -0.3 is 11.1 Å². The molecule has 1 aromatic carbocycles. The molecule has 76 valence electrons. The summed E-state index contributed by atoms with van der Waals surface area (Å²) in [5.41, 5.74) is 7.41. The standard InChI is InChI=1S/C11H16N2O/c1-8(2)11(14)13-7-9-5-3-4-6-10(9)12/h3-6,8H,7,12H2,1-2H3,(H,13,14). The first-order chi connectivity index (χ1) is 6.61. The van der Waals surface area contributed by atoms with Gasteiger partial charge in [0.25, 0.3) is 0 Å². The Bertz CT molecular complexity index is 321. The lowest BCUT2D eigenvalue weighted by molar-refractivity contribution is -0.124. The van der Waals surface area contributed by atoms with E-state index < -0.39 is 0 Å². The maximum absolute atomic E-state index is 11.3. The summed E-state index contributed by atoms with van der Waals surface area (Å²) in [6.45, 7) is 4.23. The highest BCUT2D eigenvalue weighted by atomic mass is 16.1. The fourth-order valence-electron chi connectivity index (χ4n) is 1.08. The highest BCUT2D eigenvalue weighted by molar-refractivity contribution is 5.77. The molecule has 0 radical (unpaired) electrons. The van der Waals surface area contributed by atoms with Gasteiger partial charge >= 0.3 is 0 Å². The molecule has 0 fully saturated rings. The molecule has 14 heavy (non-hydrogen) atoms. The molecule has 0 bridgehead atoms. The van der Waals surface area contributed by atoms with Gasteiger partial charge in [-0.3, -0.25) is 4.79 Å². The van der Waals surface area contributed by atoms with E-state index in [4.69, 9.17) is 5.73 Å². The Morgan fingerprint density at radius 2 is 2.07 bits per heavy atom. The van der Waals surface area contributed by atoms with Crippen molar-refractivity contribution < 1.29 is 4.79 Å². The van der Waals surface area contributed by atoms with E-state index in [1.165, 1.54) is 0 Å². The van der Waals surface area contributed by atoms with Gasteiger partial charge in [0.2, 0.25) is 5.91 Å². The van der Waals surface area contributed by atoms with Crippen LogP contribution in [0.4, 0.5) is 5.69 Å². The third-order valence-corrected chi connectivity index (χ3v) is 2.03. The van der Waals surface area contributed by atoms with Crippen LogP contribution in [0, 0.1) is 5.92 Å². The lowest BCUT2D eigenvalue weighted by Gasteiger charge is -2.09. The molecule has 0 unspecified atom stereocenters. The minimum atomic E-state index is 0.0138. The molecule has 1 aromatic rings. The second-order valence-electron chi connectivity index (χ2n) is 3.57. The number of carbonyl (C=O) groups excluding carboxylic acids is 1. The fourth-order valence-corrected chi connectivity index (χ4v) is 1.08. The smallest absolute Gasteiger partial charge is 0.222 e. The Balaban J connectivity index is 2.54. The summed E-state index contributed by atoms with van der Waals surface area (Å²) in [5, 5.41) is 2.82. The van der Waals surface area contributed by atoms with E-state index in [2.05, 4.69) is 5.32 Å². The Morgan fingerprint density at radius 1 is 1.43 bits per heavy atom. The van der Waals surface area contributed by atoms with Crippen molar-refractivity contribution in [3.05, 3.63) is 29.8 Å². The number of rotatable bonds is 3. The van der Waals surface area contributed by atoms with Crippen LogP contribution in [-0.2, 0) is 11.3 Å². The van der Waals surface area contributed by atoms with Gasteiger partial charge in [-0.25, -0.2) is 0 Å². The summed E-state index contributed by atoms with van der Waals surface area (Å²) in [5.74, 6) is 0.0631. The van der Waals surface area contributed by atoms with Crippen molar-refractivity contribution in [1.29, 1.82) is 0 Å². The third kappa shape index (κ3) is 2.76. The molecule has 0 aliphatic carbocycles. The molecule has 3 heteroatoms. The SMILES string of the molecule is CC(C)C(=O)NCc1ccccc1N. The van der Waals surface area contributed by atoms with E-state index in [1.807, 2.05) is 38.1 Å². The molecule has 0 aromatic heterocycles. The van der Waals surface area contributed by atoms with E-state index in [1.54, 1.807) is 0 Å². The quantitative estimate of drug-likeness (QED) is 0.714. The van der Waals surface area contributed by atoms with Gasteiger partial charge in [-0.2, -0.15) is 0 Å². The zero-order valence-electron chi connectivity index (χ0n) is 8.58. The molecular formula is C11H16N2O. The number of nitrogen functional groups attached to an aromatic ring is 1. The van der Waals surface area contributed by atoms with E-state index in [0.717, 1.165) is 11.3 Å². The zero-order valence-corrected chi connectivity index (χ0v) is 8.58. The molecular weight excluding hydrogens is 176 g/mol. The molecule has 1 rings (SSSR count). The average molecular weight is 192 g/mol. The van der Waals surface area contributed by atoms with E-state index >= 15 is 0 Å². The van der Waals surface area contributed by atoms with Gasteiger partial charge in [-0.15, -0.1) is 0 Å². The topological polar surface area (TPSA) is 55.1 Å². The number of nitrogens with one attached hydrogen (secondary N) is 1. The minimum absolute atomic E-state index is 0.0138. The first-order valence-corrected chi connectivity index (χ1v) is 4.72. The minimum Gasteiger partial charge on any atom is -0.398 e. The van der Waals surface area contributed by atoms with Crippen molar-refractivity contribution in [3.63, 3.8) is 0 Å². The Kier molecular flexibility index (Phi) is 3.51. The number of nitrogens with two attached hydrogens (primary N) is 1. The van der Waals surface area contributed by atoms with Crippen LogP contribution in [0.5, 0.6) is 0 Å². The molecule has 0 saturated heterocycles. The van der Waals surface area contributed by atoms with Gasteiger partial charge in [0.1, 0.15) is 0 Å². The van der Waals surface area contributed by atoms with Gasteiger partial charge in [-0.05, 0) is 11.6 Å². The third-order valence-electron chi connectivity index (χ3n) is 2.03. The predicted octanol–water partition coefficient (Wildman–Crippen LogP) is 1.54. The lowest BCUT2D eigenvalue weighted by Crippen LogP contribution is -2.27. The van der Waals surface area contributed by atoms with Crippen molar-refractivity contribution in [3.8, 4) is 0 Å². The normalized spacial score (nSPS) is 10.2. The lowest BCUT2D eigenvalue weighted by atomic mass is 10.1. The van der Waals surface area contributed by atoms with Gasteiger partial charge in [0, 0.05) is 18.2 Å². The monoisotopic (exact) mass is 192 g/mol. The molecule has 0 spiro atoms. The van der Waals surface area contributed by atoms with Gasteiger partial charge in [0.15, 0.2) is 0 Å². The van der Waals surface area contributed by atoms with Crippen LogP contribution in [0.3, 0.4) is 0 Å². The van der Waals surface area contributed by atoms with Crippen LogP contribution in [0.25, 0.3) is 0 Å². The Morgan fingerprint density at radius 3 is 2.64 bits per heavy atom. The van der Waals surface area contributed by atoms with Crippen LogP contribution in [-0.4, -0.2) is 5.91 Å². The summed E-state index contributed by atoms with van der Waals surface area (Å²) in [4.78, 5) is 11.3. The first kappa shape index (κ1) is 10.6. The maximum atomic E-state index is 11.3. The molecule has 0 heterocycles. The largest absolute Gasteiger partial charge is 0.398 e. The van der Waals surface area contributed by atoms with Gasteiger partial charge in [0.05, 0.1) is 0 Å². The summed E-state index contributed by atoms with van der Waals surface area (Å²) in [7, 11) is 0. The van der Waals surface area contributed by atoms with Crippen LogP contribution in [0.1, 0.15) is 19.4 Å². The molecule has 0 saturated carbocycles. The number of para-hydroxylation sites is 1. The van der Waals surface area contributed by atoms with Crippen LogP contribution < -0.4 is 11.1 Å². The first-order valence-electron chi connectivity index (χ1n) is 4.72. The number of amides is 1. The Hall–Kier alpha value is -1.51. The summed E-state index contributed by atoms with van der Waals surface area (Å²) >= 11 is 0. The second-order valence-corrected chi connectivity index (χ2v) is 3.57. The zero-order chi connectivity index (χ0) is 10.6. The average Bonchev–Trinajstić information content (AvgIpc) is 2.16. The van der Waals surface area contributed by atoms with Crippen molar-refractivity contribution in [1.82, 2.24) is 5.32 Å². The van der Waals surface area contributed by atoms with Crippen molar-refractivity contribution in [2.45, 2.75) is 20.4 Å². The van der Waals surface area contributed by atoms with E-state index in [9.17, 15) is 4.79 Å².